The molecule has 0 aromatic heterocycles. The van der Waals surface area contributed by atoms with Crippen LogP contribution in [0.5, 0.6) is 0 Å². The number of likely N-dealkylation sites (N-methyl/N-ethyl adjacent to an activating group) is 1. The highest BCUT2D eigenvalue weighted by Crippen LogP contribution is 2.26. The summed E-state index contributed by atoms with van der Waals surface area (Å²) in [5.41, 5.74) is 0.520. The standard InChI is InChI=1S/C13H15N3O3S/c1-3-8-14-12(17)9-16(2)13-10-6-4-5-7-11(10)20(18,19)15-13/h3-7H,1,8-9H2,2H3,(H,14,17). The van der Waals surface area contributed by atoms with Crippen molar-refractivity contribution in [3.63, 3.8) is 0 Å². The molecule has 0 saturated carbocycles. The summed E-state index contributed by atoms with van der Waals surface area (Å²) in [4.78, 5) is 13.3. The van der Waals surface area contributed by atoms with E-state index in [0.717, 1.165) is 0 Å². The van der Waals surface area contributed by atoms with Gasteiger partial charge in [0.1, 0.15) is 4.90 Å². The third kappa shape index (κ3) is 2.72. The first-order valence-electron chi connectivity index (χ1n) is 5.99. The van der Waals surface area contributed by atoms with E-state index in [1.165, 1.54) is 11.0 Å². The van der Waals surface area contributed by atoms with Crippen LogP contribution in [0.4, 0.5) is 0 Å². The van der Waals surface area contributed by atoms with Crippen molar-refractivity contribution in [1.29, 1.82) is 0 Å². The molecule has 0 unspecified atom stereocenters. The maximum absolute atomic E-state index is 11.9. The first-order chi connectivity index (χ1) is 9.45. The zero-order chi connectivity index (χ0) is 14.8. The van der Waals surface area contributed by atoms with Crippen molar-refractivity contribution in [3.05, 3.63) is 42.5 Å². The van der Waals surface area contributed by atoms with E-state index in [4.69, 9.17) is 0 Å². The molecule has 2 rings (SSSR count). The molecule has 0 saturated heterocycles. The summed E-state index contributed by atoms with van der Waals surface area (Å²) in [5.74, 6) is 0.0613. The topological polar surface area (TPSA) is 78.8 Å². The zero-order valence-electron chi connectivity index (χ0n) is 11.0. The van der Waals surface area contributed by atoms with Gasteiger partial charge in [-0.3, -0.25) is 4.79 Å². The van der Waals surface area contributed by atoms with Crippen LogP contribution in [0.15, 0.2) is 46.2 Å². The molecule has 0 atom stereocenters. The van der Waals surface area contributed by atoms with Crippen LogP contribution in [-0.2, 0) is 14.8 Å². The number of amides is 1. The van der Waals surface area contributed by atoms with Gasteiger partial charge < -0.3 is 10.2 Å². The maximum atomic E-state index is 11.9. The average molecular weight is 293 g/mol. The van der Waals surface area contributed by atoms with Gasteiger partial charge in [-0.1, -0.05) is 18.2 Å². The maximum Gasteiger partial charge on any atom is 0.285 e. The largest absolute Gasteiger partial charge is 0.351 e. The molecule has 7 heteroatoms. The second-order valence-electron chi connectivity index (χ2n) is 4.33. The highest BCUT2D eigenvalue weighted by atomic mass is 32.2. The molecule has 1 aliphatic rings. The molecule has 1 heterocycles. The summed E-state index contributed by atoms with van der Waals surface area (Å²) >= 11 is 0. The highest BCUT2D eigenvalue weighted by Gasteiger charge is 2.30. The number of rotatable bonds is 4. The second kappa shape index (κ2) is 5.46. The van der Waals surface area contributed by atoms with Gasteiger partial charge in [-0.15, -0.1) is 11.0 Å². The molecule has 1 amide bonds. The van der Waals surface area contributed by atoms with E-state index < -0.39 is 10.0 Å². The number of sulfonamides is 1. The van der Waals surface area contributed by atoms with Crippen LogP contribution in [-0.4, -0.2) is 45.2 Å². The number of fused-ring (bicyclic) bond motifs is 1. The third-order valence-electron chi connectivity index (χ3n) is 2.80. The van der Waals surface area contributed by atoms with Crippen LogP contribution in [0.25, 0.3) is 0 Å². The van der Waals surface area contributed by atoms with Crippen molar-refractivity contribution >= 4 is 21.8 Å². The molecule has 1 N–H and O–H groups in total. The van der Waals surface area contributed by atoms with Gasteiger partial charge in [0.15, 0.2) is 5.84 Å². The Morgan fingerprint density at radius 2 is 2.15 bits per heavy atom. The summed E-state index contributed by atoms with van der Waals surface area (Å²) in [7, 11) is -2.03. The lowest BCUT2D eigenvalue weighted by atomic mass is 10.2. The molecule has 1 aliphatic heterocycles. The Labute approximate surface area is 117 Å². The first-order valence-corrected chi connectivity index (χ1v) is 7.43. The van der Waals surface area contributed by atoms with E-state index in [1.54, 1.807) is 31.3 Å². The molecular formula is C13H15N3O3S. The van der Waals surface area contributed by atoms with E-state index in [1.807, 2.05) is 0 Å². The van der Waals surface area contributed by atoms with Crippen LogP contribution >= 0.6 is 0 Å². The minimum Gasteiger partial charge on any atom is -0.351 e. The SMILES string of the molecule is C=CCNC(=O)CN(C)C1=NS(=O)(=O)c2ccccc21. The summed E-state index contributed by atoms with van der Waals surface area (Å²) in [6.07, 6.45) is 1.57. The number of amidine groups is 1. The Morgan fingerprint density at radius 1 is 1.45 bits per heavy atom. The van der Waals surface area contributed by atoms with Crippen LogP contribution < -0.4 is 5.32 Å². The van der Waals surface area contributed by atoms with Gasteiger partial charge in [0.05, 0.1) is 6.54 Å². The van der Waals surface area contributed by atoms with Crippen molar-refractivity contribution in [3.8, 4) is 0 Å². The van der Waals surface area contributed by atoms with Crippen molar-refractivity contribution < 1.29 is 13.2 Å². The van der Waals surface area contributed by atoms with Gasteiger partial charge in [-0.05, 0) is 12.1 Å². The van der Waals surface area contributed by atoms with Crippen LogP contribution in [0.3, 0.4) is 0 Å². The fourth-order valence-electron chi connectivity index (χ4n) is 1.90. The molecule has 106 valence electrons. The van der Waals surface area contributed by atoms with Gasteiger partial charge >= 0.3 is 0 Å². The minimum atomic E-state index is -3.65. The molecule has 1 aromatic carbocycles. The Balaban J connectivity index is 2.22. The molecule has 0 spiro atoms. The predicted molar refractivity (Wildman–Crippen MR) is 76.0 cm³/mol. The van der Waals surface area contributed by atoms with Crippen molar-refractivity contribution in [2.45, 2.75) is 4.90 Å². The van der Waals surface area contributed by atoms with E-state index in [9.17, 15) is 13.2 Å². The Kier molecular flexibility index (Phi) is 3.89. The number of carbonyl (C=O) groups is 1. The highest BCUT2D eigenvalue weighted by molar-refractivity contribution is 7.90. The van der Waals surface area contributed by atoms with Crippen molar-refractivity contribution in [2.24, 2.45) is 4.40 Å². The number of benzene rings is 1. The predicted octanol–water partition coefficient (Wildman–Crippen LogP) is 0.370. The Morgan fingerprint density at radius 3 is 2.85 bits per heavy atom. The minimum absolute atomic E-state index is 0.0243. The molecule has 6 nitrogen and oxygen atoms in total. The normalized spacial score (nSPS) is 15.2. The summed E-state index contributed by atoms with van der Waals surface area (Å²) in [6.45, 7) is 3.90. The lowest BCUT2D eigenvalue weighted by Crippen LogP contribution is -2.38. The Bertz CT molecular complexity index is 680. The molecule has 0 fully saturated rings. The Hall–Kier alpha value is -2.15. The summed E-state index contributed by atoms with van der Waals surface area (Å²) < 4.78 is 27.5. The third-order valence-corrected chi connectivity index (χ3v) is 4.12. The van der Waals surface area contributed by atoms with Crippen molar-refractivity contribution in [2.75, 3.05) is 20.1 Å². The fourth-order valence-corrected chi connectivity index (χ4v) is 3.15. The van der Waals surface area contributed by atoms with Gasteiger partial charge in [-0.2, -0.15) is 8.42 Å². The van der Waals surface area contributed by atoms with Gasteiger partial charge in [0.2, 0.25) is 5.91 Å². The lowest BCUT2D eigenvalue weighted by Gasteiger charge is -2.18. The average Bonchev–Trinajstić information content (AvgIpc) is 2.69. The number of hydrogen-bond acceptors (Lipinski definition) is 4. The number of nitrogens with one attached hydrogen (secondary N) is 1. The molecule has 1 aromatic rings. The van der Waals surface area contributed by atoms with Crippen molar-refractivity contribution in [1.82, 2.24) is 10.2 Å². The van der Waals surface area contributed by atoms with E-state index in [2.05, 4.69) is 16.3 Å². The van der Waals surface area contributed by atoms with E-state index in [0.29, 0.717) is 12.1 Å². The van der Waals surface area contributed by atoms with Gasteiger partial charge in [-0.25, -0.2) is 0 Å². The van der Waals surface area contributed by atoms with Crippen LogP contribution in [0, 0.1) is 0 Å². The van der Waals surface area contributed by atoms with E-state index >= 15 is 0 Å². The number of hydrogen-bond donors (Lipinski definition) is 1. The van der Waals surface area contributed by atoms with E-state index in [-0.39, 0.29) is 23.2 Å². The molecule has 0 radical (unpaired) electrons. The summed E-state index contributed by atoms with van der Waals surface area (Å²) in [5, 5.41) is 2.63. The van der Waals surface area contributed by atoms with Gasteiger partial charge in [0, 0.05) is 19.2 Å². The quantitative estimate of drug-likeness (QED) is 0.814. The monoisotopic (exact) mass is 293 g/mol. The van der Waals surface area contributed by atoms with Crippen LogP contribution in [0.1, 0.15) is 5.56 Å². The first kappa shape index (κ1) is 14.3. The smallest absolute Gasteiger partial charge is 0.285 e. The number of nitrogens with zero attached hydrogens (tertiary/aromatic N) is 2. The molecule has 0 bridgehead atoms. The van der Waals surface area contributed by atoms with Crippen LogP contribution in [0.2, 0.25) is 0 Å². The van der Waals surface area contributed by atoms with Gasteiger partial charge in [0.25, 0.3) is 10.0 Å². The fraction of sp³-hybridized carbons (Fsp3) is 0.231. The lowest BCUT2D eigenvalue weighted by molar-refractivity contribution is -0.121. The summed E-state index contributed by atoms with van der Waals surface area (Å²) in [6, 6.07) is 6.57. The second-order valence-corrected chi connectivity index (χ2v) is 5.91. The molecular weight excluding hydrogens is 278 g/mol. The zero-order valence-corrected chi connectivity index (χ0v) is 11.9. The molecule has 0 aliphatic carbocycles. The molecule has 20 heavy (non-hydrogen) atoms. The number of carbonyl (C=O) groups excluding carboxylic acids is 1.